The molecule has 4 heteroatoms. The Labute approximate surface area is 142 Å². The first kappa shape index (κ1) is 14.5. The number of hydrogen-bond donors (Lipinski definition) is 1. The number of nitrogens with one attached hydrogen (secondary N) is 1. The number of para-hydroxylation sites is 2. The Bertz CT molecular complexity index is 730. The monoisotopic (exact) mass is 323 g/mol. The highest BCUT2D eigenvalue weighted by Crippen LogP contribution is 2.47. The molecule has 1 amide bonds. The van der Waals surface area contributed by atoms with E-state index in [9.17, 15) is 4.79 Å². The lowest BCUT2D eigenvalue weighted by molar-refractivity contribution is -0.142. The molecule has 3 fully saturated rings. The Morgan fingerprint density at radius 1 is 1.08 bits per heavy atom. The van der Waals surface area contributed by atoms with Gasteiger partial charge in [0.1, 0.15) is 5.82 Å². The first-order valence-electron chi connectivity index (χ1n) is 9.58. The predicted molar refractivity (Wildman–Crippen MR) is 93.4 cm³/mol. The van der Waals surface area contributed by atoms with E-state index in [2.05, 4.69) is 22.0 Å². The molecule has 2 heterocycles. The summed E-state index contributed by atoms with van der Waals surface area (Å²) in [7, 11) is 0. The quantitative estimate of drug-likeness (QED) is 0.900. The van der Waals surface area contributed by atoms with Crippen molar-refractivity contribution in [1.29, 1.82) is 0 Å². The third kappa shape index (κ3) is 2.19. The lowest BCUT2D eigenvalue weighted by Crippen LogP contribution is -2.45. The molecular formula is C20H25N3O. The number of aromatic amines is 1. The van der Waals surface area contributed by atoms with Gasteiger partial charge in [-0.25, -0.2) is 4.98 Å². The molecule has 4 nitrogen and oxygen atoms in total. The number of H-pyrrole nitrogens is 1. The second kappa shape index (κ2) is 5.61. The van der Waals surface area contributed by atoms with Crippen LogP contribution in [-0.4, -0.2) is 26.8 Å². The molecule has 0 radical (unpaired) electrons. The molecule has 1 aromatic carbocycles. The van der Waals surface area contributed by atoms with Gasteiger partial charge in [0.05, 0.1) is 17.1 Å². The number of aromatic nitrogens is 2. The number of fused-ring (bicyclic) bond motifs is 2. The van der Waals surface area contributed by atoms with Gasteiger partial charge in [0.25, 0.3) is 0 Å². The summed E-state index contributed by atoms with van der Waals surface area (Å²) in [5, 5.41) is 0. The van der Waals surface area contributed by atoms with Crippen molar-refractivity contribution >= 4 is 16.9 Å². The van der Waals surface area contributed by atoms with Crippen molar-refractivity contribution < 1.29 is 4.79 Å². The first-order valence-corrected chi connectivity index (χ1v) is 9.58. The first-order chi connectivity index (χ1) is 11.8. The highest BCUT2D eigenvalue weighted by molar-refractivity contribution is 5.81. The van der Waals surface area contributed by atoms with E-state index in [-0.39, 0.29) is 12.0 Å². The SMILES string of the molecule is O=C(C1CCC1)N1[C@H](c2nc3ccccc3[nH]2)C[C@@H]2CCCC[C@@H]21. The second-order valence-corrected chi connectivity index (χ2v) is 7.88. The van der Waals surface area contributed by atoms with Gasteiger partial charge in [-0.05, 0) is 50.2 Å². The van der Waals surface area contributed by atoms with E-state index in [4.69, 9.17) is 4.98 Å². The van der Waals surface area contributed by atoms with Gasteiger partial charge in [0, 0.05) is 12.0 Å². The van der Waals surface area contributed by atoms with Gasteiger partial charge >= 0.3 is 0 Å². The molecular weight excluding hydrogens is 298 g/mol. The Balaban J connectivity index is 1.52. The Morgan fingerprint density at radius 3 is 2.71 bits per heavy atom. The molecule has 2 aromatic rings. The minimum Gasteiger partial charge on any atom is -0.340 e. The van der Waals surface area contributed by atoms with Gasteiger partial charge in [-0.2, -0.15) is 0 Å². The summed E-state index contributed by atoms with van der Waals surface area (Å²) in [6, 6.07) is 8.79. The van der Waals surface area contributed by atoms with Crippen LogP contribution in [-0.2, 0) is 4.79 Å². The molecule has 3 atom stereocenters. The predicted octanol–water partition coefficient (Wildman–Crippen LogP) is 4.20. The summed E-state index contributed by atoms with van der Waals surface area (Å²) in [4.78, 5) is 23.8. The molecule has 2 saturated carbocycles. The number of likely N-dealkylation sites (tertiary alicyclic amines) is 1. The summed E-state index contributed by atoms with van der Waals surface area (Å²) < 4.78 is 0. The number of carbonyl (C=O) groups is 1. The smallest absolute Gasteiger partial charge is 0.226 e. The normalized spacial score (nSPS) is 30.3. The van der Waals surface area contributed by atoms with E-state index in [0.717, 1.165) is 36.1 Å². The Morgan fingerprint density at radius 2 is 1.92 bits per heavy atom. The average Bonchev–Trinajstić information content (AvgIpc) is 3.14. The summed E-state index contributed by atoms with van der Waals surface area (Å²) in [5.74, 6) is 2.35. The Kier molecular flexibility index (Phi) is 3.39. The van der Waals surface area contributed by atoms with Gasteiger partial charge < -0.3 is 9.88 Å². The molecule has 1 aliphatic heterocycles. The molecule has 0 spiro atoms. The van der Waals surface area contributed by atoms with Gasteiger partial charge in [-0.15, -0.1) is 0 Å². The third-order valence-electron chi connectivity index (χ3n) is 6.52. The number of amides is 1. The summed E-state index contributed by atoms with van der Waals surface area (Å²) in [5.41, 5.74) is 2.09. The van der Waals surface area contributed by atoms with Crippen LogP contribution in [0.5, 0.6) is 0 Å². The fraction of sp³-hybridized carbons (Fsp3) is 0.600. The molecule has 0 unspecified atom stereocenters. The van der Waals surface area contributed by atoms with Crippen LogP contribution >= 0.6 is 0 Å². The summed E-state index contributed by atoms with van der Waals surface area (Å²) in [6.45, 7) is 0. The van der Waals surface area contributed by atoms with Crippen molar-refractivity contribution in [2.24, 2.45) is 11.8 Å². The van der Waals surface area contributed by atoms with Crippen LogP contribution in [0.2, 0.25) is 0 Å². The maximum Gasteiger partial charge on any atom is 0.226 e. The highest BCUT2D eigenvalue weighted by atomic mass is 16.2. The second-order valence-electron chi connectivity index (χ2n) is 7.88. The molecule has 1 N–H and O–H groups in total. The van der Waals surface area contributed by atoms with E-state index >= 15 is 0 Å². The van der Waals surface area contributed by atoms with E-state index in [1.165, 1.54) is 32.1 Å². The van der Waals surface area contributed by atoms with Crippen LogP contribution < -0.4 is 0 Å². The molecule has 2 aliphatic carbocycles. The van der Waals surface area contributed by atoms with Gasteiger partial charge in [-0.1, -0.05) is 31.4 Å². The maximum absolute atomic E-state index is 13.2. The maximum atomic E-state index is 13.2. The number of imidazole rings is 1. The highest BCUT2D eigenvalue weighted by Gasteiger charge is 2.48. The van der Waals surface area contributed by atoms with Crippen LogP contribution in [0.15, 0.2) is 24.3 Å². The van der Waals surface area contributed by atoms with Crippen LogP contribution in [0, 0.1) is 11.8 Å². The van der Waals surface area contributed by atoms with E-state index in [0.29, 0.717) is 17.9 Å². The molecule has 1 aromatic heterocycles. The lowest BCUT2D eigenvalue weighted by atomic mass is 9.82. The number of rotatable bonds is 2. The van der Waals surface area contributed by atoms with E-state index < -0.39 is 0 Å². The third-order valence-corrected chi connectivity index (χ3v) is 6.52. The van der Waals surface area contributed by atoms with Crippen LogP contribution in [0.4, 0.5) is 0 Å². The van der Waals surface area contributed by atoms with Crippen LogP contribution in [0.1, 0.15) is 63.2 Å². The summed E-state index contributed by atoms with van der Waals surface area (Å²) >= 11 is 0. The molecule has 3 aliphatic rings. The zero-order chi connectivity index (χ0) is 16.1. The zero-order valence-corrected chi connectivity index (χ0v) is 14.1. The van der Waals surface area contributed by atoms with E-state index in [1.54, 1.807) is 0 Å². The molecule has 126 valence electrons. The van der Waals surface area contributed by atoms with Crippen LogP contribution in [0.3, 0.4) is 0 Å². The zero-order valence-electron chi connectivity index (χ0n) is 14.1. The van der Waals surface area contributed by atoms with Gasteiger partial charge in [0.15, 0.2) is 0 Å². The van der Waals surface area contributed by atoms with Crippen molar-refractivity contribution in [3.63, 3.8) is 0 Å². The van der Waals surface area contributed by atoms with E-state index in [1.807, 2.05) is 12.1 Å². The molecule has 1 saturated heterocycles. The molecule has 24 heavy (non-hydrogen) atoms. The lowest BCUT2D eigenvalue weighted by Gasteiger charge is -2.38. The van der Waals surface area contributed by atoms with Crippen molar-refractivity contribution in [2.75, 3.05) is 0 Å². The largest absolute Gasteiger partial charge is 0.340 e. The fourth-order valence-corrected chi connectivity index (χ4v) is 5.02. The number of carbonyl (C=O) groups excluding carboxylic acids is 1. The van der Waals surface area contributed by atoms with Crippen LogP contribution in [0.25, 0.3) is 11.0 Å². The minimum absolute atomic E-state index is 0.151. The number of benzene rings is 1. The van der Waals surface area contributed by atoms with Crippen molar-refractivity contribution in [2.45, 2.75) is 63.5 Å². The van der Waals surface area contributed by atoms with Gasteiger partial charge in [-0.3, -0.25) is 4.79 Å². The average molecular weight is 323 g/mol. The van der Waals surface area contributed by atoms with Crippen molar-refractivity contribution in [3.8, 4) is 0 Å². The standard InChI is InChI=1S/C20H25N3O/c24-20(13-7-5-8-13)23-17-11-4-1-6-14(17)12-18(23)19-21-15-9-2-3-10-16(15)22-19/h2-3,9-10,13-14,17-18H,1,4-8,11-12H2,(H,21,22)/t14-,17-,18-/m0/s1. The molecule has 5 rings (SSSR count). The fourth-order valence-electron chi connectivity index (χ4n) is 5.02. The summed E-state index contributed by atoms with van der Waals surface area (Å²) in [6.07, 6.45) is 9.51. The number of nitrogens with zero attached hydrogens (tertiary/aromatic N) is 2. The van der Waals surface area contributed by atoms with Crippen molar-refractivity contribution in [1.82, 2.24) is 14.9 Å². The Hall–Kier alpha value is -1.84. The van der Waals surface area contributed by atoms with Gasteiger partial charge in [0.2, 0.25) is 5.91 Å². The number of hydrogen-bond acceptors (Lipinski definition) is 2. The molecule has 0 bridgehead atoms. The minimum atomic E-state index is 0.151. The topological polar surface area (TPSA) is 49.0 Å². The van der Waals surface area contributed by atoms with Crippen molar-refractivity contribution in [3.05, 3.63) is 30.1 Å².